The van der Waals surface area contributed by atoms with Crippen LogP contribution in [0.4, 0.5) is 19.0 Å². The van der Waals surface area contributed by atoms with Gasteiger partial charge < -0.3 is 4.90 Å². The number of rotatable bonds is 3. The average Bonchev–Trinajstić information content (AvgIpc) is 2.75. The predicted octanol–water partition coefficient (Wildman–Crippen LogP) is 3.08. The first-order valence-corrected chi connectivity index (χ1v) is 5.73. The van der Waals surface area contributed by atoms with Crippen LogP contribution in [-0.4, -0.2) is 16.8 Å². The van der Waals surface area contributed by atoms with Crippen molar-refractivity contribution in [2.24, 2.45) is 7.05 Å². The molecule has 0 aliphatic heterocycles. The van der Waals surface area contributed by atoms with Crippen LogP contribution in [-0.2, 0) is 19.8 Å². The molecule has 1 aromatic carbocycles. The van der Waals surface area contributed by atoms with E-state index in [9.17, 15) is 13.2 Å². The summed E-state index contributed by atoms with van der Waals surface area (Å²) in [4.78, 5) is 1.93. The van der Waals surface area contributed by atoms with Crippen LogP contribution in [0.15, 0.2) is 36.5 Å². The topological polar surface area (TPSA) is 21.1 Å². The molecule has 1 aromatic heterocycles. The van der Waals surface area contributed by atoms with Gasteiger partial charge in [0.2, 0.25) is 0 Å². The molecule has 0 spiro atoms. The van der Waals surface area contributed by atoms with Gasteiger partial charge in [-0.3, -0.25) is 4.68 Å². The summed E-state index contributed by atoms with van der Waals surface area (Å²) < 4.78 is 39.0. The van der Waals surface area contributed by atoms with E-state index in [2.05, 4.69) is 5.10 Å². The molecule has 0 unspecified atom stereocenters. The van der Waals surface area contributed by atoms with Crippen LogP contribution in [0, 0.1) is 0 Å². The van der Waals surface area contributed by atoms with Crippen molar-refractivity contribution in [2.75, 3.05) is 11.9 Å². The second-order valence-electron chi connectivity index (χ2n) is 4.36. The average molecular weight is 269 g/mol. The van der Waals surface area contributed by atoms with Crippen molar-refractivity contribution in [3.05, 3.63) is 47.7 Å². The quantitative estimate of drug-likeness (QED) is 0.853. The second kappa shape index (κ2) is 4.95. The Balaban J connectivity index is 2.10. The molecular weight excluding hydrogens is 255 g/mol. The van der Waals surface area contributed by atoms with E-state index in [4.69, 9.17) is 0 Å². The predicted molar refractivity (Wildman–Crippen MR) is 66.8 cm³/mol. The fourth-order valence-electron chi connectivity index (χ4n) is 1.90. The lowest BCUT2D eigenvalue weighted by Crippen LogP contribution is -2.19. The number of hydrogen-bond acceptors (Lipinski definition) is 2. The van der Waals surface area contributed by atoms with Crippen molar-refractivity contribution in [1.82, 2.24) is 9.78 Å². The van der Waals surface area contributed by atoms with Gasteiger partial charge in [-0.1, -0.05) is 12.1 Å². The molecule has 0 N–H and O–H groups in total. The van der Waals surface area contributed by atoms with Crippen molar-refractivity contribution in [1.29, 1.82) is 0 Å². The van der Waals surface area contributed by atoms with E-state index < -0.39 is 11.7 Å². The molecule has 2 aromatic rings. The molecule has 0 bridgehead atoms. The first-order valence-electron chi connectivity index (χ1n) is 5.73. The Morgan fingerprint density at radius 1 is 1.16 bits per heavy atom. The number of halogens is 3. The first kappa shape index (κ1) is 13.5. The van der Waals surface area contributed by atoms with Crippen LogP contribution in [0.1, 0.15) is 11.1 Å². The molecule has 1 heterocycles. The Kier molecular flexibility index (Phi) is 3.50. The van der Waals surface area contributed by atoms with Gasteiger partial charge in [0.05, 0.1) is 11.8 Å². The van der Waals surface area contributed by atoms with Crippen molar-refractivity contribution in [3.63, 3.8) is 0 Å². The fraction of sp³-hybridized carbons (Fsp3) is 0.308. The SMILES string of the molecule is CN(Cc1ccc(C(F)(F)F)cc1)c1ccnn1C. The maximum absolute atomic E-state index is 12.4. The molecule has 19 heavy (non-hydrogen) atoms. The summed E-state index contributed by atoms with van der Waals surface area (Å²) in [5, 5.41) is 4.05. The van der Waals surface area contributed by atoms with E-state index >= 15 is 0 Å². The minimum absolute atomic E-state index is 0.525. The maximum Gasteiger partial charge on any atom is 0.416 e. The number of aromatic nitrogens is 2. The third kappa shape index (κ3) is 3.07. The largest absolute Gasteiger partial charge is 0.416 e. The fourth-order valence-corrected chi connectivity index (χ4v) is 1.90. The van der Waals surface area contributed by atoms with Crippen LogP contribution >= 0.6 is 0 Å². The molecule has 2 rings (SSSR count). The van der Waals surface area contributed by atoms with E-state index in [1.807, 2.05) is 25.1 Å². The van der Waals surface area contributed by atoms with Gasteiger partial charge in [0, 0.05) is 26.7 Å². The van der Waals surface area contributed by atoms with Gasteiger partial charge in [-0.15, -0.1) is 0 Å². The Bertz CT molecular complexity index is 543. The highest BCUT2D eigenvalue weighted by molar-refractivity contribution is 5.38. The highest BCUT2D eigenvalue weighted by Crippen LogP contribution is 2.29. The zero-order chi connectivity index (χ0) is 14.0. The van der Waals surface area contributed by atoms with E-state index in [-0.39, 0.29) is 0 Å². The van der Waals surface area contributed by atoms with E-state index in [1.54, 1.807) is 10.9 Å². The standard InChI is InChI=1S/C13H14F3N3/c1-18(12-7-8-17-19(12)2)9-10-3-5-11(6-4-10)13(14,15)16/h3-8H,9H2,1-2H3. The van der Waals surface area contributed by atoms with Crippen LogP contribution in [0.5, 0.6) is 0 Å². The number of hydrogen-bond donors (Lipinski definition) is 0. The molecule has 102 valence electrons. The smallest absolute Gasteiger partial charge is 0.356 e. The van der Waals surface area contributed by atoms with Crippen molar-refractivity contribution in [2.45, 2.75) is 12.7 Å². The third-order valence-corrected chi connectivity index (χ3v) is 2.89. The number of alkyl halides is 3. The minimum Gasteiger partial charge on any atom is -0.356 e. The normalized spacial score (nSPS) is 11.6. The number of anilines is 1. The molecule has 0 aliphatic carbocycles. The van der Waals surface area contributed by atoms with Gasteiger partial charge >= 0.3 is 6.18 Å². The molecule has 0 aliphatic rings. The molecule has 3 nitrogen and oxygen atoms in total. The second-order valence-corrected chi connectivity index (χ2v) is 4.36. The van der Waals surface area contributed by atoms with Crippen molar-refractivity contribution in [3.8, 4) is 0 Å². The van der Waals surface area contributed by atoms with Gasteiger partial charge in [-0.2, -0.15) is 18.3 Å². The molecule has 0 fully saturated rings. The highest BCUT2D eigenvalue weighted by atomic mass is 19.4. The summed E-state index contributed by atoms with van der Waals surface area (Å²) in [7, 11) is 3.69. The number of benzene rings is 1. The van der Waals surface area contributed by atoms with Crippen LogP contribution in [0.2, 0.25) is 0 Å². The Labute approximate surface area is 109 Å². The van der Waals surface area contributed by atoms with Gasteiger partial charge in [-0.25, -0.2) is 0 Å². The van der Waals surface area contributed by atoms with E-state index in [0.717, 1.165) is 23.5 Å². The zero-order valence-corrected chi connectivity index (χ0v) is 10.6. The zero-order valence-electron chi connectivity index (χ0n) is 10.6. The molecular formula is C13H14F3N3. The summed E-state index contributed by atoms with van der Waals surface area (Å²) in [6, 6.07) is 7.05. The lowest BCUT2D eigenvalue weighted by atomic mass is 10.1. The first-order chi connectivity index (χ1) is 8.88. The molecule has 0 amide bonds. The lowest BCUT2D eigenvalue weighted by Gasteiger charge is -2.19. The Morgan fingerprint density at radius 2 is 1.79 bits per heavy atom. The molecule has 0 saturated heterocycles. The summed E-state index contributed by atoms with van der Waals surface area (Å²) in [5.74, 6) is 0.903. The Morgan fingerprint density at radius 3 is 2.26 bits per heavy atom. The van der Waals surface area contributed by atoms with Gasteiger partial charge in [0.15, 0.2) is 0 Å². The maximum atomic E-state index is 12.4. The monoisotopic (exact) mass is 269 g/mol. The summed E-state index contributed by atoms with van der Waals surface area (Å²) in [6.07, 6.45) is -2.61. The van der Waals surface area contributed by atoms with Gasteiger partial charge in [-0.05, 0) is 17.7 Å². The number of aryl methyl sites for hydroxylation is 1. The number of nitrogens with zero attached hydrogens (tertiary/aromatic N) is 3. The summed E-state index contributed by atoms with van der Waals surface area (Å²) in [6.45, 7) is 0.525. The molecule has 0 atom stereocenters. The van der Waals surface area contributed by atoms with Crippen LogP contribution in [0.3, 0.4) is 0 Å². The summed E-state index contributed by atoms with van der Waals surface area (Å²) >= 11 is 0. The van der Waals surface area contributed by atoms with Crippen molar-refractivity contribution >= 4 is 5.82 Å². The Hall–Kier alpha value is -1.98. The third-order valence-electron chi connectivity index (χ3n) is 2.89. The van der Waals surface area contributed by atoms with Crippen molar-refractivity contribution < 1.29 is 13.2 Å². The molecule has 0 saturated carbocycles. The lowest BCUT2D eigenvalue weighted by molar-refractivity contribution is -0.137. The van der Waals surface area contributed by atoms with Gasteiger partial charge in [0.1, 0.15) is 5.82 Å². The molecule has 6 heteroatoms. The minimum atomic E-state index is -4.29. The van der Waals surface area contributed by atoms with Crippen LogP contribution in [0.25, 0.3) is 0 Å². The molecule has 0 radical (unpaired) electrons. The van der Waals surface area contributed by atoms with Gasteiger partial charge in [0.25, 0.3) is 0 Å². The summed E-state index contributed by atoms with van der Waals surface area (Å²) in [5.41, 5.74) is 0.191. The van der Waals surface area contributed by atoms with E-state index in [1.165, 1.54) is 12.1 Å². The van der Waals surface area contributed by atoms with E-state index in [0.29, 0.717) is 6.54 Å². The highest BCUT2D eigenvalue weighted by Gasteiger charge is 2.29. The van der Waals surface area contributed by atoms with Crippen LogP contribution < -0.4 is 4.90 Å².